The Kier molecular flexibility index (Phi) is 3.24. The van der Waals surface area contributed by atoms with Gasteiger partial charge in [-0.05, 0) is 30.3 Å². The van der Waals surface area contributed by atoms with Gasteiger partial charge in [0.25, 0.3) is 0 Å². The molecule has 0 atom stereocenters. The number of benzene rings is 2. The van der Waals surface area contributed by atoms with Gasteiger partial charge in [-0.15, -0.1) is 10.2 Å². The van der Waals surface area contributed by atoms with Gasteiger partial charge in [0.2, 0.25) is 11.8 Å². The lowest BCUT2D eigenvalue weighted by Gasteiger charge is -1.98. The van der Waals surface area contributed by atoms with Gasteiger partial charge >= 0.3 is 5.76 Å². The fourth-order valence-electron chi connectivity index (χ4n) is 2.34. The molecule has 2 heterocycles. The zero-order valence-corrected chi connectivity index (χ0v) is 12.5. The fourth-order valence-corrected chi connectivity index (χ4v) is 2.50. The highest BCUT2D eigenvalue weighted by Gasteiger charge is 2.14. The molecule has 0 bridgehead atoms. The maximum absolute atomic E-state index is 12.0. The monoisotopic (exact) mass is 327 g/mol. The summed E-state index contributed by atoms with van der Waals surface area (Å²) in [6.07, 6.45) is 0. The predicted octanol–water partition coefficient (Wildman–Crippen LogP) is 3.35. The van der Waals surface area contributed by atoms with E-state index in [1.165, 1.54) is 4.57 Å². The van der Waals surface area contributed by atoms with Crippen molar-refractivity contribution in [2.45, 2.75) is 6.54 Å². The molecule has 0 aliphatic heterocycles. The summed E-state index contributed by atoms with van der Waals surface area (Å²) in [5.74, 6) is 0.217. The van der Waals surface area contributed by atoms with E-state index in [0.29, 0.717) is 27.9 Å². The highest BCUT2D eigenvalue weighted by molar-refractivity contribution is 6.31. The van der Waals surface area contributed by atoms with Gasteiger partial charge in [0.05, 0.1) is 5.52 Å². The summed E-state index contributed by atoms with van der Waals surface area (Å²) >= 11 is 5.98. The molecule has 7 heteroatoms. The van der Waals surface area contributed by atoms with Gasteiger partial charge in [0.1, 0.15) is 6.54 Å². The molecule has 0 aliphatic carbocycles. The van der Waals surface area contributed by atoms with Crippen LogP contribution >= 0.6 is 11.6 Å². The van der Waals surface area contributed by atoms with Crippen molar-refractivity contribution in [3.8, 4) is 11.5 Å². The number of nitrogens with zero attached hydrogens (tertiary/aromatic N) is 3. The SMILES string of the molecule is O=c1oc2ccc(Cl)cc2n1Cc1nnc(-c2ccccc2)o1. The third-order valence-electron chi connectivity index (χ3n) is 3.41. The van der Waals surface area contributed by atoms with Crippen LogP contribution in [-0.2, 0) is 6.54 Å². The zero-order chi connectivity index (χ0) is 15.8. The van der Waals surface area contributed by atoms with Crippen LogP contribution in [0.2, 0.25) is 5.02 Å². The average Bonchev–Trinajstić information content (AvgIpc) is 3.15. The number of hydrogen-bond acceptors (Lipinski definition) is 5. The highest BCUT2D eigenvalue weighted by atomic mass is 35.5. The van der Waals surface area contributed by atoms with Crippen molar-refractivity contribution < 1.29 is 8.83 Å². The number of fused-ring (bicyclic) bond motifs is 1. The molecule has 0 radical (unpaired) electrons. The van der Waals surface area contributed by atoms with Gasteiger partial charge in [-0.1, -0.05) is 29.8 Å². The quantitative estimate of drug-likeness (QED) is 0.577. The van der Waals surface area contributed by atoms with Crippen LogP contribution in [-0.4, -0.2) is 14.8 Å². The molecule has 0 spiro atoms. The standard InChI is InChI=1S/C16H10ClN3O3/c17-11-6-7-13-12(8-11)20(16(21)22-13)9-14-18-19-15(23-14)10-4-2-1-3-5-10/h1-8H,9H2. The normalized spacial score (nSPS) is 11.2. The molecule has 2 aromatic heterocycles. The van der Waals surface area contributed by atoms with Crippen molar-refractivity contribution in [1.29, 1.82) is 0 Å². The Balaban J connectivity index is 1.72. The summed E-state index contributed by atoms with van der Waals surface area (Å²) < 4.78 is 12.2. The first-order chi connectivity index (χ1) is 11.2. The van der Waals surface area contributed by atoms with Crippen molar-refractivity contribution in [2.75, 3.05) is 0 Å². The van der Waals surface area contributed by atoms with Crippen LogP contribution in [0.1, 0.15) is 5.89 Å². The molecule has 0 saturated heterocycles. The maximum atomic E-state index is 12.0. The Morgan fingerprint density at radius 1 is 1.04 bits per heavy atom. The lowest BCUT2D eigenvalue weighted by atomic mass is 10.2. The van der Waals surface area contributed by atoms with E-state index >= 15 is 0 Å². The van der Waals surface area contributed by atoms with Crippen LogP contribution < -0.4 is 5.76 Å². The summed E-state index contributed by atoms with van der Waals surface area (Å²) in [6, 6.07) is 14.4. The van der Waals surface area contributed by atoms with E-state index in [9.17, 15) is 4.79 Å². The molecular formula is C16H10ClN3O3. The van der Waals surface area contributed by atoms with Crippen molar-refractivity contribution in [3.63, 3.8) is 0 Å². The van der Waals surface area contributed by atoms with E-state index in [-0.39, 0.29) is 6.54 Å². The Morgan fingerprint density at radius 3 is 2.70 bits per heavy atom. The Morgan fingerprint density at radius 2 is 1.87 bits per heavy atom. The summed E-state index contributed by atoms with van der Waals surface area (Å²) in [7, 11) is 0. The van der Waals surface area contributed by atoms with Gasteiger partial charge < -0.3 is 8.83 Å². The van der Waals surface area contributed by atoms with Gasteiger partial charge in [0, 0.05) is 10.6 Å². The summed E-state index contributed by atoms with van der Waals surface area (Å²) in [4.78, 5) is 12.0. The zero-order valence-electron chi connectivity index (χ0n) is 11.8. The van der Waals surface area contributed by atoms with E-state index in [2.05, 4.69) is 10.2 Å². The first kappa shape index (κ1) is 13.8. The number of aromatic nitrogens is 3. The molecule has 0 N–H and O–H groups in total. The van der Waals surface area contributed by atoms with Crippen molar-refractivity contribution >= 4 is 22.7 Å². The lowest BCUT2D eigenvalue weighted by molar-refractivity contribution is 0.461. The molecule has 4 rings (SSSR count). The van der Waals surface area contributed by atoms with Gasteiger partial charge in [0.15, 0.2) is 5.58 Å². The molecule has 114 valence electrons. The van der Waals surface area contributed by atoms with Crippen molar-refractivity contribution in [3.05, 3.63) is 70.0 Å². The van der Waals surface area contributed by atoms with Crippen LogP contribution in [0.5, 0.6) is 0 Å². The molecule has 4 aromatic rings. The average molecular weight is 328 g/mol. The first-order valence-electron chi connectivity index (χ1n) is 6.87. The minimum Gasteiger partial charge on any atom is -0.419 e. The van der Waals surface area contributed by atoms with Gasteiger partial charge in [-0.3, -0.25) is 4.57 Å². The minimum absolute atomic E-state index is 0.117. The molecule has 23 heavy (non-hydrogen) atoms. The minimum atomic E-state index is -0.498. The van der Waals surface area contributed by atoms with Crippen LogP contribution in [0, 0.1) is 0 Å². The Hall–Kier alpha value is -2.86. The maximum Gasteiger partial charge on any atom is 0.420 e. The van der Waals surface area contributed by atoms with E-state index in [4.69, 9.17) is 20.4 Å². The molecule has 0 fully saturated rings. The van der Waals surface area contributed by atoms with Gasteiger partial charge in [-0.2, -0.15) is 0 Å². The predicted molar refractivity (Wildman–Crippen MR) is 84.3 cm³/mol. The van der Waals surface area contributed by atoms with Crippen molar-refractivity contribution in [1.82, 2.24) is 14.8 Å². The molecular weight excluding hydrogens is 318 g/mol. The second-order valence-corrected chi connectivity index (χ2v) is 5.37. The summed E-state index contributed by atoms with van der Waals surface area (Å²) in [5.41, 5.74) is 1.86. The third-order valence-corrected chi connectivity index (χ3v) is 3.65. The van der Waals surface area contributed by atoms with E-state index < -0.39 is 5.76 Å². The van der Waals surface area contributed by atoms with E-state index in [0.717, 1.165) is 5.56 Å². The Bertz CT molecular complexity index is 1030. The van der Waals surface area contributed by atoms with Crippen LogP contribution in [0.15, 0.2) is 62.2 Å². The summed E-state index contributed by atoms with van der Waals surface area (Å²) in [6.45, 7) is 0.117. The van der Waals surface area contributed by atoms with E-state index in [1.807, 2.05) is 30.3 Å². The van der Waals surface area contributed by atoms with Crippen molar-refractivity contribution in [2.24, 2.45) is 0 Å². The molecule has 2 aromatic carbocycles. The number of rotatable bonds is 3. The molecule has 0 saturated carbocycles. The number of hydrogen-bond donors (Lipinski definition) is 0. The molecule has 0 amide bonds. The van der Waals surface area contributed by atoms with E-state index in [1.54, 1.807) is 18.2 Å². The van der Waals surface area contributed by atoms with Crippen LogP contribution in [0.4, 0.5) is 0 Å². The Labute approximate surface area is 134 Å². The molecule has 6 nitrogen and oxygen atoms in total. The van der Waals surface area contributed by atoms with Crippen LogP contribution in [0.3, 0.4) is 0 Å². The first-order valence-corrected chi connectivity index (χ1v) is 7.25. The number of halogens is 1. The smallest absolute Gasteiger partial charge is 0.419 e. The second kappa shape index (κ2) is 5.40. The summed E-state index contributed by atoms with van der Waals surface area (Å²) in [5, 5.41) is 8.51. The topological polar surface area (TPSA) is 74.1 Å². The fraction of sp³-hybridized carbons (Fsp3) is 0.0625. The van der Waals surface area contributed by atoms with Crippen LogP contribution in [0.25, 0.3) is 22.6 Å². The molecule has 0 unspecified atom stereocenters. The second-order valence-electron chi connectivity index (χ2n) is 4.93. The largest absolute Gasteiger partial charge is 0.420 e. The lowest BCUT2D eigenvalue weighted by Crippen LogP contribution is -2.15. The highest BCUT2D eigenvalue weighted by Crippen LogP contribution is 2.21. The third kappa shape index (κ3) is 2.53. The number of oxazole rings is 1. The molecule has 0 aliphatic rings. The van der Waals surface area contributed by atoms with Gasteiger partial charge in [-0.25, -0.2) is 4.79 Å².